The summed E-state index contributed by atoms with van der Waals surface area (Å²) in [6.45, 7) is 2.09. The van der Waals surface area contributed by atoms with Gasteiger partial charge in [0.15, 0.2) is 0 Å². The smallest absolute Gasteiger partial charge is 0.105 e. The Morgan fingerprint density at radius 1 is 1.42 bits per heavy atom. The van der Waals surface area contributed by atoms with Crippen LogP contribution < -0.4 is 11.1 Å². The number of anilines is 1. The largest absolute Gasteiger partial charge is 0.389 e. The average molecular weight is 376 g/mol. The van der Waals surface area contributed by atoms with Crippen molar-refractivity contribution in [3.8, 4) is 0 Å². The topological polar surface area (TPSA) is 38.0 Å². The van der Waals surface area contributed by atoms with Crippen LogP contribution in [0.1, 0.15) is 23.4 Å². The van der Waals surface area contributed by atoms with E-state index in [4.69, 9.17) is 29.6 Å². The molecular formula is C13H12BrClN2S2. The first-order valence-corrected chi connectivity index (χ1v) is 7.98. The SMILES string of the molecule is CC(Nc1ccc(C(N)=S)c(Br)c1)c1ccc(Cl)s1. The molecule has 0 saturated carbocycles. The molecule has 100 valence electrons. The van der Waals surface area contributed by atoms with Crippen molar-refractivity contribution in [3.63, 3.8) is 0 Å². The number of rotatable bonds is 4. The van der Waals surface area contributed by atoms with Crippen LogP contribution in [0.4, 0.5) is 5.69 Å². The van der Waals surface area contributed by atoms with Gasteiger partial charge in [-0.15, -0.1) is 11.3 Å². The number of nitrogens with one attached hydrogen (secondary N) is 1. The van der Waals surface area contributed by atoms with Crippen molar-refractivity contribution in [2.75, 3.05) is 5.32 Å². The standard InChI is InChI=1S/C13H12BrClN2S2/c1-7(11-4-5-12(15)19-11)17-8-2-3-9(13(16)18)10(14)6-8/h2-7,17H,1H3,(H2,16,18). The summed E-state index contributed by atoms with van der Waals surface area (Å²) in [7, 11) is 0. The monoisotopic (exact) mass is 374 g/mol. The molecule has 2 aromatic rings. The van der Waals surface area contributed by atoms with E-state index in [-0.39, 0.29) is 6.04 Å². The zero-order valence-electron chi connectivity index (χ0n) is 10.1. The number of halogens is 2. The van der Waals surface area contributed by atoms with Crippen LogP contribution in [0.25, 0.3) is 0 Å². The van der Waals surface area contributed by atoms with E-state index in [1.165, 1.54) is 4.88 Å². The van der Waals surface area contributed by atoms with E-state index in [0.717, 1.165) is 20.1 Å². The summed E-state index contributed by atoms with van der Waals surface area (Å²) >= 11 is 16.0. The molecule has 1 heterocycles. The lowest BCUT2D eigenvalue weighted by Crippen LogP contribution is -2.11. The maximum Gasteiger partial charge on any atom is 0.105 e. The van der Waals surface area contributed by atoms with Gasteiger partial charge in [-0.2, -0.15) is 0 Å². The number of nitrogens with two attached hydrogens (primary N) is 1. The lowest BCUT2D eigenvalue weighted by molar-refractivity contribution is 0.908. The third kappa shape index (κ3) is 3.69. The van der Waals surface area contributed by atoms with Crippen LogP contribution in [-0.2, 0) is 0 Å². The maximum atomic E-state index is 5.94. The van der Waals surface area contributed by atoms with Crippen LogP contribution in [-0.4, -0.2) is 4.99 Å². The van der Waals surface area contributed by atoms with E-state index < -0.39 is 0 Å². The van der Waals surface area contributed by atoms with E-state index in [1.807, 2.05) is 30.3 Å². The predicted molar refractivity (Wildman–Crippen MR) is 91.4 cm³/mol. The van der Waals surface area contributed by atoms with Crippen molar-refractivity contribution >= 4 is 61.8 Å². The molecule has 0 bridgehead atoms. The zero-order valence-corrected chi connectivity index (χ0v) is 14.1. The highest BCUT2D eigenvalue weighted by Gasteiger charge is 2.09. The van der Waals surface area contributed by atoms with Crippen molar-refractivity contribution in [2.24, 2.45) is 5.73 Å². The van der Waals surface area contributed by atoms with Gasteiger partial charge in [0.1, 0.15) is 4.99 Å². The lowest BCUT2D eigenvalue weighted by atomic mass is 10.2. The average Bonchev–Trinajstić information content (AvgIpc) is 2.75. The molecule has 2 rings (SSSR count). The van der Waals surface area contributed by atoms with E-state index >= 15 is 0 Å². The van der Waals surface area contributed by atoms with Crippen molar-refractivity contribution in [1.29, 1.82) is 0 Å². The molecule has 3 N–H and O–H groups in total. The van der Waals surface area contributed by atoms with Crippen molar-refractivity contribution in [1.82, 2.24) is 0 Å². The van der Waals surface area contributed by atoms with Gasteiger partial charge in [-0.3, -0.25) is 0 Å². The number of hydrogen-bond acceptors (Lipinski definition) is 3. The molecule has 0 amide bonds. The van der Waals surface area contributed by atoms with Crippen LogP contribution in [0.3, 0.4) is 0 Å². The van der Waals surface area contributed by atoms with Crippen molar-refractivity contribution in [3.05, 3.63) is 49.6 Å². The minimum atomic E-state index is 0.195. The first kappa shape index (κ1) is 14.8. The molecule has 0 spiro atoms. The number of thiophene rings is 1. The van der Waals surface area contributed by atoms with E-state index in [0.29, 0.717) is 4.99 Å². The third-order valence-electron chi connectivity index (χ3n) is 2.64. The fraction of sp³-hybridized carbons (Fsp3) is 0.154. The quantitative estimate of drug-likeness (QED) is 0.741. The van der Waals surface area contributed by atoms with Crippen molar-refractivity contribution in [2.45, 2.75) is 13.0 Å². The molecule has 1 atom stereocenters. The van der Waals surface area contributed by atoms with E-state index in [1.54, 1.807) is 11.3 Å². The first-order chi connectivity index (χ1) is 8.97. The van der Waals surface area contributed by atoms with Crippen molar-refractivity contribution < 1.29 is 0 Å². The predicted octanol–water partition coefficient (Wildman–Crippen LogP) is 4.97. The van der Waals surface area contributed by atoms with Crippen LogP contribution >= 0.6 is 51.1 Å². The second kappa shape index (κ2) is 6.22. The molecular weight excluding hydrogens is 364 g/mol. The molecule has 0 radical (unpaired) electrons. The van der Waals surface area contributed by atoms with E-state index in [9.17, 15) is 0 Å². The fourth-order valence-corrected chi connectivity index (χ4v) is 3.65. The normalized spacial score (nSPS) is 12.2. The Morgan fingerprint density at radius 3 is 2.68 bits per heavy atom. The molecule has 2 nitrogen and oxygen atoms in total. The highest BCUT2D eigenvalue weighted by Crippen LogP contribution is 2.30. The van der Waals surface area contributed by atoms with Gasteiger partial charge in [0.25, 0.3) is 0 Å². The van der Waals surface area contributed by atoms with Gasteiger partial charge in [-0.05, 0) is 53.2 Å². The Labute approximate surface area is 135 Å². The highest BCUT2D eigenvalue weighted by atomic mass is 79.9. The van der Waals surface area contributed by atoms with Gasteiger partial charge in [-0.25, -0.2) is 0 Å². The Bertz CT molecular complexity index is 612. The lowest BCUT2D eigenvalue weighted by Gasteiger charge is -2.14. The van der Waals surface area contributed by atoms with Crippen LogP contribution in [0.5, 0.6) is 0 Å². The molecule has 1 aromatic carbocycles. The third-order valence-corrected chi connectivity index (χ3v) is 4.93. The van der Waals surface area contributed by atoms with Crippen LogP contribution in [0.2, 0.25) is 4.34 Å². The Morgan fingerprint density at radius 2 is 2.16 bits per heavy atom. The second-order valence-corrected chi connectivity index (χ2v) is 7.11. The Hall–Kier alpha value is -0.620. The van der Waals surface area contributed by atoms with Crippen LogP contribution in [0, 0.1) is 0 Å². The summed E-state index contributed by atoms with van der Waals surface area (Å²) in [5.74, 6) is 0. The molecule has 0 fully saturated rings. The summed E-state index contributed by atoms with van der Waals surface area (Å²) in [5.41, 5.74) is 7.47. The van der Waals surface area contributed by atoms with Gasteiger partial charge in [0.05, 0.1) is 10.4 Å². The van der Waals surface area contributed by atoms with Crippen LogP contribution in [0.15, 0.2) is 34.8 Å². The summed E-state index contributed by atoms with van der Waals surface area (Å²) in [6.07, 6.45) is 0. The van der Waals surface area contributed by atoms with Gasteiger partial charge >= 0.3 is 0 Å². The first-order valence-electron chi connectivity index (χ1n) is 5.58. The molecule has 0 aliphatic carbocycles. The van der Waals surface area contributed by atoms with Gasteiger partial charge < -0.3 is 11.1 Å². The summed E-state index contributed by atoms with van der Waals surface area (Å²) in [5, 5.41) is 3.42. The summed E-state index contributed by atoms with van der Waals surface area (Å²) in [4.78, 5) is 1.58. The second-order valence-electron chi connectivity index (χ2n) is 4.07. The molecule has 1 unspecified atom stereocenters. The van der Waals surface area contributed by atoms with Gasteiger partial charge in [-0.1, -0.05) is 23.8 Å². The Balaban J connectivity index is 2.15. The number of thiocarbonyl (C=S) groups is 1. The highest BCUT2D eigenvalue weighted by molar-refractivity contribution is 9.10. The molecule has 0 aliphatic rings. The Kier molecular flexibility index (Phi) is 4.84. The summed E-state index contributed by atoms with van der Waals surface area (Å²) < 4.78 is 1.69. The van der Waals surface area contributed by atoms with Gasteiger partial charge in [0.2, 0.25) is 0 Å². The summed E-state index contributed by atoms with van der Waals surface area (Å²) in [6, 6.07) is 9.98. The minimum absolute atomic E-state index is 0.195. The molecule has 1 aromatic heterocycles. The number of hydrogen-bond donors (Lipinski definition) is 2. The molecule has 19 heavy (non-hydrogen) atoms. The molecule has 6 heteroatoms. The zero-order chi connectivity index (χ0) is 14.0. The molecule has 0 saturated heterocycles. The van der Waals surface area contributed by atoms with Gasteiger partial charge in [0, 0.05) is 20.6 Å². The number of benzene rings is 1. The maximum absolute atomic E-state index is 5.94. The fourth-order valence-electron chi connectivity index (χ4n) is 1.69. The molecule has 0 aliphatic heterocycles. The van der Waals surface area contributed by atoms with E-state index in [2.05, 4.69) is 28.2 Å². The minimum Gasteiger partial charge on any atom is -0.389 e.